The molecule has 2 heterocycles. The molecule has 2 rings (SSSR count). The minimum absolute atomic E-state index is 0.00653. The van der Waals surface area contributed by atoms with E-state index in [9.17, 15) is 12.8 Å². The second-order valence-electron chi connectivity index (χ2n) is 4.04. The second kappa shape index (κ2) is 4.97. The van der Waals surface area contributed by atoms with Gasteiger partial charge in [0.2, 0.25) is 10.0 Å². The van der Waals surface area contributed by atoms with E-state index in [2.05, 4.69) is 15.0 Å². The minimum atomic E-state index is -3.43. The molecule has 1 aliphatic rings. The quantitative estimate of drug-likeness (QED) is 0.835. The normalized spacial score (nSPS) is 20.4. The Bertz CT molecular complexity index is 469. The predicted octanol–water partition coefficient (Wildman–Crippen LogP) is 0.714. The van der Waals surface area contributed by atoms with Crippen LogP contribution in [-0.2, 0) is 10.0 Å². The SMILES string of the molecule is O=S(=O)(CC1CCCN1)Nc1ccc(F)cn1. The lowest BCUT2D eigenvalue weighted by Gasteiger charge is -2.11. The van der Waals surface area contributed by atoms with Crippen LogP contribution in [0.2, 0.25) is 0 Å². The molecule has 7 heteroatoms. The molecule has 0 spiro atoms. The molecule has 17 heavy (non-hydrogen) atoms. The molecule has 0 bridgehead atoms. The lowest BCUT2D eigenvalue weighted by Crippen LogP contribution is -2.33. The summed E-state index contributed by atoms with van der Waals surface area (Å²) in [6, 6.07) is 2.46. The number of anilines is 1. The fourth-order valence-electron chi connectivity index (χ4n) is 1.80. The first-order valence-corrected chi connectivity index (χ1v) is 7.06. The highest BCUT2D eigenvalue weighted by Gasteiger charge is 2.22. The fraction of sp³-hybridized carbons (Fsp3) is 0.500. The smallest absolute Gasteiger partial charge is 0.235 e. The standard InChI is InChI=1S/C10H14FN3O2S/c11-8-3-4-10(13-6-8)14-17(15,16)7-9-2-1-5-12-9/h3-4,6,9,12H,1-2,5,7H2,(H,13,14). The van der Waals surface area contributed by atoms with Gasteiger partial charge in [-0.15, -0.1) is 0 Å². The maximum absolute atomic E-state index is 12.6. The van der Waals surface area contributed by atoms with Crippen LogP contribution in [0.4, 0.5) is 10.2 Å². The van der Waals surface area contributed by atoms with Crippen molar-refractivity contribution in [1.82, 2.24) is 10.3 Å². The van der Waals surface area contributed by atoms with Gasteiger partial charge in [0, 0.05) is 6.04 Å². The van der Waals surface area contributed by atoms with Crippen LogP contribution in [0.3, 0.4) is 0 Å². The number of halogens is 1. The Morgan fingerprint density at radius 3 is 2.94 bits per heavy atom. The molecule has 0 aromatic carbocycles. The molecule has 5 nitrogen and oxygen atoms in total. The Morgan fingerprint density at radius 2 is 2.35 bits per heavy atom. The summed E-state index contributed by atoms with van der Waals surface area (Å²) in [6.07, 6.45) is 2.83. The summed E-state index contributed by atoms with van der Waals surface area (Å²) in [6.45, 7) is 0.856. The first-order valence-electron chi connectivity index (χ1n) is 5.41. The number of nitrogens with zero attached hydrogens (tertiary/aromatic N) is 1. The molecule has 1 saturated heterocycles. The first kappa shape index (κ1) is 12.3. The molecule has 0 saturated carbocycles. The summed E-state index contributed by atoms with van der Waals surface area (Å²) in [5.41, 5.74) is 0. The van der Waals surface area contributed by atoms with Gasteiger partial charge in [0.25, 0.3) is 0 Å². The van der Waals surface area contributed by atoms with E-state index >= 15 is 0 Å². The molecule has 1 aromatic rings. The highest BCUT2D eigenvalue weighted by Crippen LogP contribution is 2.11. The Labute approximate surface area is 99.5 Å². The van der Waals surface area contributed by atoms with Gasteiger partial charge in [-0.1, -0.05) is 0 Å². The number of pyridine rings is 1. The molecule has 0 amide bonds. The van der Waals surface area contributed by atoms with E-state index in [1.165, 1.54) is 12.1 Å². The van der Waals surface area contributed by atoms with Crippen molar-refractivity contribution < 1.29 is 12.8 Å². The van der Waals surface area contributed by atoms with Crippen molar-refractivity contribution in [2.45, 2.75) is 18.9 Å². The van der Waals surface area contributed by atoms with Crippen molar-refractivity contribution in [1.29, 1.82) is 0 Å². The topological polar surface area (TPSA) is 71.1 Å². The Balaban J connectivity index is 1.98. The molecule has 1 unspecified atom stereocenters. The van der Waals surface area contributed by atoms with E-state index in [1.807, 2.05) is 0 Å². The van der Waals surface area contributed by atoms with Crippen molar-refractivity contribution in [2.75, 3.05) is 17.0 Å². The van der Waals surface area contributed by atoms with Gasteiger partial charge in [-0.3, -0.25) is 4.72 Å². The molecule has 1 fully saturated rings. The van der Waals surface area contributed by atoms with Crippen LogP contribution in [0.1, 0.15) is 12.8 Å². The van der Waals surface area contributed by atoms with Crippen LogP contribution in [0.25, 0.3) is 0 Å². The van der Waals surface area contributed by atoms with Gasteiger partial charge in [-0.25, -0.2) is 17.8 Å². The lowest BCUT2D eigenvalue weighted by molar-refractivity contribution is 0.581. The third kappa shape index (κ3) is 3.64. The number of hydrogen-bond acceptors (Lipinski definition) is 4. The van der Waals surface area contributed by atoms with Crippen molar-refractivity contribution in [3.63, 3.8) is 0 Å². The van der Waals surface area contributed by atoms with E-state index in [0.29, 0.717) is 0 Å². The van der Waals surface area contributed by atoms with Crippen LogP contribution >= 0.6 is 0 Å². The zero-order valence-electron chi connectivity index (χ0n) is 9.19. The lowest BCUT2D eigenvalue weighted by atomic mass is 10.3. The van der Waals surface area contributed by atoms with E-state index in [-0.39, 0.29) is 17.6 Å². The van der Waals surface area contributed by atoms with E-state index < -0.39 is 15.8 Å². The molecule has 94 valence electrons. The minimum Gasteiger partial charge on any atom is -0.313 e. The molecule has 1 aliphatic heterocycles. The zero-order valence-corrected chi connectivity index (χ0v) is 10.0. The molecule has 1 atom stereocenters. The zero-order chi connectivity index (χ0) is 12.3. The van der Waals surface area contributed by atoms with Crippen LogP contribution in [0.5, 0.6) is 0 Å². The Hall–Kier alpha value is -1.21. The van der Waals surface area contributed by atoms with Gasteiger partial charge in [0.05, 0.1) is 11.9 Å². The van der Waals surface area contributed by atoms with Crippen molar-refractivity contribution in [3.8, 4) is 0 Å². The van der Waals surface area contributed by atoms with E-state index in [1.54, 1.807) is 0 Å². The largest absolute Gasteiger partial charge is 0.313 e. The number of sulfonamides is 1. The third-order valence-corrected chi connectivity index (χ3v) is 3.93. The average molecular weight is 259 g/mol. The summed E-state index contributed by atoms with van der Waals surface area (Å²) >= 11 is 0. The molecular formula is C10H14FN3O2S. The number of rotatable bonds is 4. The maximum Gasteiger partial charge on any atom is 0.235 e. The van der Waals surface area contributed by atoms with Crippen molar-refractivity contribution in [3.05, 3.63) is 24.1 Å². The second-order valence-corrected chi connectivity index (χ2v) is 5.81. The molecular weight excluding hydrogens is 245 g/mol. The molecule has 2 N–H and O–H groups in total. The van der Waals surface area contributed by atoms with Crippen molar-refractivity contribution in [2.24, 2.45) is 0 Å². The highest BCUT2D eigenvalue weighted by atomic mass is 32.2. The van der Waals surface area contributed by atoms with E-state index in [0.717, 1.165) is 25.6 Å². The van der Waals surface area contributed by atoms with Gasteiger partial charge < -0.3 is 5.32 Å². The summed E-state index contributed by atoms with van der Waals surface area (Å²) in [5, 5.41) is 3.11. The van der Waals surface area contributed by atoms with Crippen LogP contribution < -0.4 is 10.0 Å². The van der Waals surface area contributed by atoms with Crippen LogP contribution in [-0.4, -0.2) is 31.7 Å². The third-order valence-electron chi connectivity index (χ3n) is 2.57. The predicted molar refractivity (Wildman–Crippen MR) is 62.6 cm³/mol. The first-order chi connectivity index (χ1) is 8.05. The highest BCUT2D eigenvalue weighted by molar-refractivity contribution is 7.92. The molecule has 0 radical (unpaired) electrons. The van der Waals surface area contributed by atoms with Crippen LogP contribution in [0, 0.1) is 5.82 Å². The monoisotopic (exact) mass is 259 g/mol. The summed E-state index contributed by atoms with van der Waals surface area (Å²) in [7, 11) is -3.43. The summed E-state index contributed by atoms with van der Waals surface area (Å²) in [4.78, 5) is 3.65. The van der Waals surface area contributed by atoms with Gasteiger partial charge in [0.1, 0.15) is 11.6 Å². The Kier molecular flexibility index (Phi) is 3.58. The van der Waals surface area contributed by atoms with Crippen LogP contribution in [0.15, 0.2) is 18.3 Å². The van der Waals surface area contributed by atoms with E-state index in [4.69, 9.17) is 0 Å². The maximum atomic E-state index is 12.6. The number of hydrogen-bond donors (Lipinski definition) is 2. The summed E-state index contributed by atoms with van der Waals surface area (Å²) < 4.78 is 38.4. The number of nitrogens with one attached hydrogen (secondary N) is 2. The van der Waals surface area contributed by atoms with Gasteiger partial charge in [-0.05, 0) is 31.5 Å². The Morgan fingerprint density at radius 1 is 1.53 bits per heavy atom. The average Bonchev–Trinajstić information content (AvgIpc) is 2.73. The van der Waals surface area contributed by atoms with Gasteiger partial charge in [0.15, 0.2) is 0 Å². The van der Waals surface area contributed by atoms with Gasteiger partial charge in [-0.2, -0.15) is 0 Å². The number of aromatic nitrogens is 1. The molecule has 0 aliphatic carbocycles. The van der Waals surface area contributed by atoms with Crippen molar-refractivity contribution >= 4 is 15.8 Å². The van der Waals surface area contributed by atoms with Gasteiger partial charge >= 0.3 is 0 Å². The fourth-order valence-corrected chi connectivity index (χ4v) is 3.14. The summed E-state index contributed by atoms with van der Waals surface area (Å²) in [5.74, 6) is -0.332. The molecule has 1 aromatic heterocycles.